The molecule has 2 saturated heterocycles. The average Bonchev–Trinajstić information content (AvgIpc) is 3.59. The number of aryl methyl sites for hydroxylation is 1. The van der Waals surface area contributed by atoms with Crippen LogP contribution in [0.1, 0.15) is 19.3 Å². The van der Waals surface area contributed by atoms with Crippen molar-refractivity contribution in [3.05, 3.63) is 46.6 Å². The summed E-state index contributed by atoms with van der Waals surface area (Å²) in [6.07, 6.45) is 2.85. The van der Waals surface area contributed by atoms with Gasteiger partial charge in [0.2, 0.25) is 5.43 Å². The van der Waals surface area contributed by atoms with Gasteiger partial charge in [-0.05, 0) is 56.6 Å². The van der Waals surface area contributed by atoms with Crippen LogP contribution in [0, 0.1) is 0 Å². The van der Waals surface area contributed by atoms with Crippen molar-refractivity contribution in [3.63, 3.8) is 0 Å². The molecule has 9 heteroatoms. The van der Waals surface area contributed by atoms with E-state index in [0.29, 0.717) is 35.5 Å². The first kappa shape index (κ1) is 21.4. The fourth-order valence-corrected chi connectivity index (χ4v) is 5.35. The Morgan fingerprint density at radius 3 is 2.68 bits per heavy atom. The van der Waals surface area contributed by atoms with Crippen molar-refractivity contribution in [2.24, 2.45) is 7.05 Å². The third-order valence-corrected chi connectivity index (χ3v) is 7.15. The van der Waals surface area contributed by atoms with Crippen LogP contribution in [0.5, 0.6) is 0 Å². The monoisotopic (exact) mass is 462 g/mol. The number of hydrogen-bond donors (Lipinski definition) is 2. The van der Waals surface area contributed by atoms with Crippen molar-refractivity contribution in [1.29, 1.82) is 0 Å². The molecule has 1 unspecified atom stereocenters. The van der Waals surface area contributed by atoms with E-state index >= 15 is 0 Å². The van der Waals surface area contributed by atoms with Crippen LogP contribution in [-0.4, -0.2) is 69.4 Å². The van der Waals surface area contributed by atoms with Gasteiger partial charge in [-0.15, -0.1) is 0 Å². The minimum absolute atomic E-state index is 0.136. The van der Waals surface area contributed by atoms with Gasteiger partial charge in [-0.1, -0.05) is 12.1 Å². The van der Waals surface area contributed by atoms with Crippen molar-refractivity contribution in [2.75, 3.05) is 49.7 Å². The molecule has 1 aromatic carbocycles. The molecule has 6 rings (SSSR count). The van der Waals surface area contributed by atoms with E-state index in [9.17, 15) is 9.90 Å². The summed E-state index contributed by atoms with van der Waals surface area (Å²) in [5.41, 5.74) is 6.57. The second kappa shape index (κ2) is 8.57. The second-order valence-electron chi connectivity index (χ2n) is 9.34. The molecule has 2 fully saturated rings. The Morgan fingerprint density at radius 1 is 1.12 bits per heavy atom. The first-order valence-electron chi connectivity index (χ1n) is 12.1. The molecular formula is C25H30N6O3. The van der Waals surface area contributed by atoms with Gasteiger partial charge in [0.15, 0.2) is 11.3 Å². The molecule has 1 atom stereocenters. The number of para-hydroxylation sites is 2. The Hall–Kier alpha value is -3.14. The summed E-state index contributed by atoms with van der Waals surface area (Å²) in [5, 5.41) is 10.5. The maximum atomic E-state index is 13.6. The summed E-state index contributed by atoms with van der Waals surface area (Å²) in [6, 6.07) is 11.8. The predicted octanol–water partition coefficient (Wildman–Crippen LogP) is 2.35. The van der Waals surface area contributed by atoms with Crippen LogP contribution in [0.4, 0.5) is 11.5 Å². The van der Waals surface area contributed by atoms with Crippen LogP contribution in [0.3, 0.4) is 0 Å². The van der Waals surface area contributed by atoms with E-state index in [2.05, 4.69) is 15.3 Å². The maximum Gasteiger partial charge on any atom is 0.218 e. The standard InChI is InChI=1S/C25H30N6O3/c1-28-19-6-2-3-7-20(19)31-24-18(8-9-21(26-24)30-13-10-17(32)16-30)23(33)22(25(28)31)27-34-15-14-29-11-4-5-12-29/h2-3,6-9,17,27,32H,4-5,10-16H2,1H3. The van der Waals surface area contributed by atoms with Gasteiger partial charge in [0.1, 0.15) is 11.5 Å². The third kappa shape index (κ3) is 3.51. The molecule has 0 aliphatic carbocycles. The zero-order valence-electron chi connectivity index (χ0n) is 19.4. The van der Waals surface area contributed by atoms with Crippen LogP contribution in [0.15, 0.2) is 41.2 Å². The predicted molar refractivity (Wildman–Crippen MR) is 134 cm³/mol. The van der Waals surface area contributed by atoms with Crippen LogP contribution in [-0.2, 0) is 11.9 Å². The first-order chi connectivity index (χ1) is 16.6. The molecule has 9 nitrogen and oxygen atoms in total. The van der Waals surface area contributed by atoms with E-state index < -0.39 is 0 Å². The van der Waals surface area contributed by atoms with Gasteiger partial charge >= 0.3 is 0 Å². The summed E-state index contributed by atoms with van der Waals surface area (Å²) in [5.74, 6) is 0.771. The number of likely N-dealkylation sites (tertiary alicyclic amines) is 1. The summed E-state index contributed by atoms with van der Waals surface area (Å²) in [6.45, 7) is 4.86. The van der Waals surface area contributed by atoms with Gasteiger partial charge in [0.25, 0.3) is 0 Å². The van der Waals surface area contributed by atoms with Gasteiger partial charge in [-0.2, -0.15) is 0 Å². The topological polar surface area (TPSA) is 87.3 Å². The highest BCUT2D eigenvalue weighted by Crippen LogP contribution is 2.29. The number of nitrogens with one attached hydrogen (secondary N) is 1. The smallest absolute Gasteiger partial charge is 0.218 e. The molecule has 178 valence electrons. The largest absolute Gasteiger partial charge is 0.391 e. The highest BCUT2D eigenvalue weighted by Gasteiger charge is 2.24. The normalized spacial score (nSPS) is 19.2. The number of aliphatic hydroxyl groups excluding tert-OH is 1. The van der Waals surface area contributed by atoms with Gasteiger partial charge < -0.3 is 19.5 Å². The molecule has 2 aliphatic rings. The number of anilines is 2. The number of hydrogen-bond acceptors (Lipinski definition) is 7. The van der Waals surface area contributed by atoms with Crippen LogP contribution in [0.2, 0.25) is 0 Å². The van der Waals surface area contributed by atoms with E-state index in [1.165, 1.54) is 12.8 Å². The molecule has 4 aromatic rings. The number of β-amino-alcohol motifs (C(OH)–C–C–N with tert-alkyl or cyclic N) is 1. The lowest BCUT2D eigenvalue weighted by Gasteiger charge is -2.18. The number of aromatic nitrogens is 3. The highest BCUT2D eigenvalue weighted by molar-refractivity contribution is 5.95. The fourth-order valence-electron chi connectivity index (χ4n) is 5.35. The minimum Gasteiger partial charge on any atom is -0.391 e. The number of aliphatic hydroxyl groups is 1. The third-order valence-electron chi connectivity index (χ3n) is 7.15. The lowest BCUT2D eigenvalue weighted by molar-refractivity contribution is 0.157. The van der Waals surface area contributed by atoms with Gasteiger partial charge in [-0.25, -0.2) is 4.98 Å². The molecule has 3 aromatic heterocycles. The average molecular weight is 463 g/mol. The maximum absolute atomic E-state index is 13.6. The highest BCUT2D eigenvalue weighted by atomic mass is 16.6. The first-order valence-corrected chi connectivity index (χ1v) is 12.1. The fraction of sp³-hybridized carbons (Fsp3) is 0.440. The zero-order chi connectivity index (χ0) is 23.2. The Labute approximate surface area is 197 Å². The van der Waals surface area contributed by atoms with Crippen molar-refractivity contribution in [1.82, 2.24) is 18.9 Å². The Balaban J connectivity index is 1.47. The Kier molecular flexibility index (Phi) is 5.40. The molecule has 34 heavy (non-hydrogen) atoms. The van der Waals surface area contributed by atoms with Crippen molar-refractivity contribution in [2.45, 2.75) is 25.4 Å². The number of nitrogens with zero attached hydrogens (tertiary/aromatic N) is 5. The summed E-state index contributed by atoms with van der Waals surface area (Å²) in [7, 11) is 1.96. The Bertz CT molecular complexity index is 1420. The van der Waals surface area contributed by atoms with Crippen molar-refractivity contribution >= 4 is 39.2 Å². The van der Waals surface area contributed by atoms with Gasteiger partial charge in [-0.3, -0.25) is 19.5 Å². The summed E-state index contributed by atoms with van der Waals surface area (Å²) in [4.78, 5) is 28.8. The van der Waals surface area contributed by atoms with Gasteiger partial charge in [0, 0.05) is 26.7 Å². The molecule has 0 spiro atoms. The molecule has 0 saturated carbocycles. The van der Waals surface area contributed by atoms with Crippen molar-refractivity contribution in [3.8, 4) is 0 Å². The van der Waals surface area contributed by atoms with E-state index in [1.54, 1.807) is 0 Å². The lowest BCUT2D eigenvalue weighted by atomic mass is 10.2. The van der Waals surface area contributed by atoms with E-state index in [4.69, 9.17) is 9.82 Å². The minimum atomic E-state index is -0.345. The van der Waals surface area contributed by atoms with Crippen LogP contribution < -0.4 is 15.8 Å². The molecule has 0 amide bonds. The number of rotatable bonds is 6. The zero-order valence-corrected chi connectivity index (χ0v) is 19.4. The quantitative estimate of drug-likeness (QED) is 0.336. The molecular weight excluding hydrogens is 432 g/mol. The molecule has 0 bridgehead atoms. The lowest BCUT2D eigenvalue weighted by Crippen LogP contribution is -2.26. The second-order valence-corrected chi connectivity index (χ2v) is 9.34. The molecule has 2 N–H and O–H groups in total. The van der Waals surface area contributed by atoms with Crippen molar-refractivity contribution < 1.29 is 9.94 Å². The molecule has 5 heterocycles. The SMILES string of the molecule is Cn1c2ccccc2n2c3nc(N4CCC(O)C4)ccc3c(=O)c(NOCCN3CCCC3)c12. The summed E-state index contributed by atoms with van der Waals surface area (Å²) >= 11 is 0. The van der Waals surface area contributed by atoms with E-state index in [1.807, 2.05) is 52.4 Å². The summed E-state index contributed by atoms with van der Waals surface area (Å²) < 4.78 is 4.05. The van der Waals surface area contributed by atoms with Crippen LogP contribution in [0.25, 0.3) is 27.7 Å². The number of pyridine rings is 2. The van der Waals surface area contributed by atoms with Gasteiger partial charge in [0.05, 0.1) is 29.1 Å². The number of benzene rings is 1. The Morgan fingerprint density at radius 2 is 1.91 bits per heavy atom. The molecule has 0 radical (unpaired) electrons. The van der Waals surface area contributed by atoms with E-state index in [0.717, 1.165) is 49.5 Å². The molecule has 2 aliphatic heterocycles. The number of fused-ring (bicyclic) bond motifs is 5. The number of imidazole rings is 1. The van der Waals surface area contributed by atoms with E-state index in [-0.39, 0.29) is 11.5 Å². The van der Waals surface area contributed by atoms with Crippen LogP contribution >= 0.6 is 0 Å².